The highest BCUT2D eigenvalue weighted by Crippen LogP contribution is 2.34. The van der Waals surface area contributed by atoms with Crippen LogP contribution in [0.3, 0.4) is 0 Å². The molecule has 0 atom stereocenters. The summed E-state index contributed by atoms with van der Waals surface area (Å²) in [6, 6.07) is 25.9. The van der Waals surface area contributed by atoms with Gasteiger partial charge in [0.15, 0.2) is 0 Å². The zero-order valence-electron chi connectivity index (χ0n) is 20.8. The SMILES string of the molecule is Cc1cccc(NC(SCC(=O)N(c2ccccc2)C(C)C)=C(C#N)c2nc3ccccc3s2)c1C. The Labute approximate surface area is 220 Å². The van der Waals surface area contributed by atoms with E-state index in [-0.39, 0.29) is 17.7 Å². The Hall–Kier alpha value is -3.60. The predicted molar refractivity (Wildman–Crippen MR) is 153 cm³/mol. The molecule has 4 rings (SSSR count). The second-order valence-electron chi connectivity index (χ2n) is 8.66. The highest BCUT2D eigenvalue weighted by atomic mass is 32.2. The molecule has 0 aliphatic carbocycles. The molecule has 182 valence electrons. The minimum atomic E-state index is -0.0250. The molecule has 0 radical (unpaired) electrons. The number of allylic oxidation sites excluding steroid dienone is 1. The van der Waals surface area contributed by atoms with Crippen LogP contribution in [0.15, 0.2) is 77.8 Å². The average Bonchev–Trinajstić information content (AvgIpc) is 3.30. The van der Waals surface area contributed by atoms with Crippen molar-refractivity contribution in [3.05, 3.63) is 94.0 Å². The number of rotatable bonds is 8. The van der Waals surface area contributed by atoms with Crippen molar-refractivity contribution in [2.75, 3.05) is 16.0 Å². The Bertz CT molecular complexity index is 1420. The molecule has 4 aromatic rings. The number of hydrogen-bond acceptors (Lipinski definition) is 6. The topological polar surface area (TPSA) is 69.0 Å². The Morgan fingerprint density at radius 1 is 1.06 bits per heavy atom. The van der Waals surface area contributed by atoms with Crippen LogP contribution in [-0.2, 0) is 4.79 Å². The lowest BCUT2D eigenvalue weighted by Crippen LogP contribution is -2.38. The summed E-state index contributed by atoms with van der Waals surface area (Å²) in [5.41, 5.74) is 5.30. The van der Waals surface area contributed by atoms with Gasteiger partial charge in [0.25, 0.3) is 0 Å². The smallest absolute Gasteiger partial charge is 0.237 e. The van der Waals surface area contributed by atoms with Crippen molar-refractivity contribution in [2.45, 2.75) is 33.7 Å². The summed E-state index contributed by atoms with van der Waals surface area (Å²) in [5.74, 6) is 0.152. The predicted octanol–water partition coefficient (Wildman–Crippen LogP) is 7.39. The summed E-state index contributed by atoms with van der Waals surface area (Å²) in [5, 5.41) is 14.9. The Kier molecular flexibility index (Phi) is 8.09. The van der Waals surface area contributed by atoms with Gasteiger partial charge in [0.2, 0.25) is 5.91 Å². The summed E-state index contributed by atoms with van der Waals surface area (Å²) >= 11 is 2.82. The molecule has 0 saturated heterocycles. The fourth-order valence-corrected chi connectivity index (χ4v) is 5.78. The molecule has 0 spiro atoms. The molecule has 5 nitrogen and oxygen atoms in total. The maximum atomic E-state index is 13.4. The van der Waals surface area contributed by atoms with E-state index in [0.717, 1.165) is 32.7 Å². The Balaban J connectivity index is 1.71. The van der Waals surface area contributed by atoms with E-state index in [1.54, 1.807) is 4.90 Å². The summed E-state index contributed by atoms with van der Waals surface area (Å²) in [6.07, 6.45) is 0. The molecule has 1 N–H and O–H groups in total. The maximum absolute atomic E-state index is 13.4. The van der Waals surface area contributed by atoms with E-state index in [1.807, 2.05) is 87.5 Å². The van der Waals surface area contributed by atoms with Crippen molar-refractivity contribution in [3.63, 3.8) is 0 Å². The first-order chi connectivity index (χ1) is 17.4. The number of para-hydroxylation sites is 2. The van der Waals surface area contributed by atoms with Gasteiger partial charge in [-0.25, -0.2) is 4.98 Å². The number of aromatic nitrogens is 1. The third kappa shape index (κ3) is 5.62. The number of fused-ring (bicyclic) bond motifs is 1. The number of carbonyl (C=O) groups excluding carboxylic acids is 1. The lowest BCUT2D eigenvalue weighted by Gasteiger charge is -2.27. The zero-order chi connectivity index (χ0) is 25.7. The first-order valence-corrected chi connectivity index (χ1v) is 13.5. The van der Waals surface area contributed by atoms with Crippen molar-refractivity contribution in [1.29, 1.82) is 5.26 Å². The van der Waals surface area contributed by atoms with Crippen molar-refractivity contribution in [2.24, 2.45) is 0 Å². The van der Waals surface area contributed by atoms with E-state index < -0.39 is 0 Å². The van der Waals surface area contributed by atoms with Crippen LogP contribution < -0.4 is 10.2 Å². The van der Waals surface area contributed by atoms with Gasteiger partial charge in [0.05, 0.1) is 21.0 Å². The second kappa shape index (κ2) is 11.4. The minimum Gasteiger partial charge on any atom is -0.349 e. The van der Waals surface area contributed by atoms with Crippen molar-refractivity contribution < 1.29 is 4.79 Å². The molecule has 7 heteroatoms. The van der Waals surface area contributed by atoms with Gasteiger partial charge < -0.3 is 10.2 Å². The summed E-state index contributed by atoms with van der Waals surface area (Å²) < 4.78 is 1.02. The molecular weight excluding hydrogens is 484 g/mol. The number of aryl methyl sites for hydroxylation is 1. The molecule has 36 heavy (non-hydrogen) atoms. The van der Waals surface area contributed by atoms with Crippen molar-refractivity contribution in [1.82, 2.24) is 4.98 Å². The van der Waals surface area contributed by atoms with Crippen LogP contribution >= 0.6 is 23.1 Å². The zero-order valence-corrected chi connectivity index (χ0v) is 22.4. The van der Waals surface area contributed by atoms with Crippen molar-refractivity contribution in [3.8, 4) is 6.07 Å². The van der Waals surface area contributed by atoms with Crippen LogP contribution in [-0.4, -0.2) is 22.7 Å². The van der Waals surface area contributed by atoms with Gasteiger partial charge in [-0.15, -0.1) is 11.3 Å². The fourth-order valence-electron chi connectivity index (χ4n) is 3.88. The van der Waals surface area contributed by atoms with Gasteiger partial charge in [-0.05, 0) is 69.2 Å². The Morgan fingerprint density at radius 2 is 1.78 bits per heavy atom. The Morgan fingerprint density at radius 3 is 2.47 bits per heavy atom. The average molecular weight is 513 g/mol. The number of hydrogen-bond donors (Lipinski definition) is 1. The molecule has 0 saturated carbocycles. The van der Waals surface area contributed by atoms with E-state index >= 15 is 0 Å². The highest BCUT2D eigenvalue weighted by molar-refractivity contribution is 8.04. The van der Waals surface area contributed by atoms with Crippen LogP contribution in [0.25, 0.3) is 15.8 Å². The van der Waals surface area contributed by atoms with Crippen LogP contribution in [0, 0.1) is 25.2 Å². The van der Waals surface area contributed by atoms with E-state index in [4.69, 9.17) is 4.98 Å². The van der Waals surface area contributed by atoms with Gasteiger partial charge in [-0.1, -0.05) is 54.2 Å². The number of nitrogens with one attached hydrogen (secondary N) is 1. The monoisotopic (exact) mass is 512 g/mol. The van der Waals surface area contributed by atoms with Gasteiger partial charge in [0, 0.05) is 17.4 Å². The van der Waals surface area contributed by atoms with Gasteiger partial charge in [0.1, 0.15) is 16.6 Å². The van der Waals surface area contributed by atoms with E-state index in [9.17, 15) is 10.1 Å². The van der Waals surface area contributed by atoms with Crippen molar-refractivity contribution >= 4 is 56.2 Å². The van der Waals surface area contributed by atoms with Crippen LogP contribution in [0.2, 0.25) is 0 Å². The summed E-state index contributed by atoms with van der Waals surface area (Å²) in [6.45, 7) is 8.11. The standard InChI is InChI=1S/C29H28N4OS2/c1-19(2)33(22-12-6-5-7-13-22)27(34)18-35-28(31-24-15-10-11-20(3)21(24)4)23(17-30)29-32-25-14-8-9-16-26(25)36-29/h5-16,19,31H,18H2,1-4H3. The maximum Gasteiger partial charge on any atom is 0.237 e. The number of thiazole rings is 1. The molecule has 1 amide bonds. The number of carbonyl (C=O) groups is 1. The first-order valence-electron chi connectivity index (χ1n) is 11.7. The molecule has 0 aliphatic rings. The number of nitriles is 1. The number of nitrogens with zero attached hydrogens (tertiary/aromatic N) is 3. The number of thioether (sulfide) groups is 1. The molecule has 3 aromatic carbocycles. The molecule has 0 bridgehead atoms. The number of amides is 1. The third-order valence-corrected chi connectivity index (χ3v) is 7.90. The number of anilines is 2. The lowest BCUT2D eigenvalue weighted by molar-refractivity contribution is -0.116. The fraction of sp³-hybridized carbons (Fsp3) is 0.207. The molecule has 1 heterocycles. The molecule has 0 aliphatic heterocycles. The molecular formula is C29H28N4OS2. The van der Waals surface area contributed by atoms with Gasteiger partial charge >= 0.3 is 0 Å². The van der Waals surface area contributed by atoms with Crippen LogP contribution in [0.1, 0.15) is 30.0 Å². The quantitative estimate of drug-likeness (QED) is 0.249. The largest absolute Gasteiger partial charge is 0.349 e. The summed E-state index contributed by atoms with van der Waals surface area (Å²) in [4.78, 5) is 19.9. The van der Waals surface area contributed by atoms with Gasteiger partial charge in [-0.3, -0.25) is 4.79 Å². The van der Waals surface area contributed by atoms with Crippen LogP contribution in [0.5, 0.6) is 0 Å². The van der Waals surface area contributed by atoms with E-state index in [2.05, 4.69) is 24.4 Å². The van der Waals surface area contributed by atoms with E-state index in [1.165, 1.54) is 23.1 Å². The second-order valence-corrected chi connectivity index (χ2v) is 10.7. The normalized spacial score (nSPS) is 11.8. The molecule has 0 unspecified atom stereocenters. The molecule has 0 fully saturated rings. The van der Waals surface area contributed by atoms with E-state index in [0.29, 0.717) is 15.6 Å². The van der Waals surface area contributed by atoms with Gasteiger partial charge in [-0.2, -0.15) is 5.26 Å². The first kappa shape index (κ1) is 25.5. The number of benzene rings is 3. The highest BCUT2D eigenvalue weighted by Gasteiger charge is 2.22. The minimum absolute atomic E-state index is 0.000366. The van der Waals surface area contributed by atoms with Crippen LogP contribution in [0.4, 0.5) is 11.4 Å². The third-order valence-electron chi connectivity index (χ3n) is 5.86. The molecule has 1 aromatic heterocycles. The summed E-state index contributed by atoms with van der Waals surface area (Å²) in [7, 11) is 0. The lowest BCUT2D eigenvalue weighted by atomic mass is 10.1.